The molecule has 67 heavy (non-hydrogen) atoms. The van der Waals surface area contributed by atoms with Crippen molar-refractivity contribution in [3.8, 4) is 0 Å². The average Bonchev–Trinajstić information content (AvgIpc) is 3.62. The minimum Gasteiger partial charge on any atom is -0.493 e. The summed E-state index contributed by atoms with van der Waals surface area (Å²) in [4.78, 5) is 0. The van der Waals surface area contributed by atoms with E-state index >= 15 is 0 Å². The van der Waals surface area contributed by atoms with Gasteiger partial charge in [-0.15, -0.1) is 0 Å². The fourth-order valence-electron chi connectivity index (χ4n) is 10.1. The summed E-state index contributed by atoms with van der Waals surface area (Å²) >= 11 is 0. The van der Waals surface area contributed by atoms with Gasteiger partial charge in [-0.05, 0) is 124 Å². The maximum absolute atomic E-state index is 13.0. The zero-order valence-corrected chi connectivity index (χ0v) is 47.0. The van der Waals surface area contributed by atoms with Crippen LogP contribution in [0.4, 0.5) is 0 Å². The van der Waals surface area contributed by atoms with Crippen LogP contribution >= 0.6 is 0 Å². The van der Waals surface area contributed by atoms with Crippen molar-refractivity contribution < 1.29 is 35.3 Å². The minimum atomic E-state index is 0. The number of aliphatic hydroxyl groups is 2. The Labute approximate surface area is 430 Å². The van der Waals surface area contributed by atoms with E-state index in [1.165, 1.54) is 250 Å². The molecule has 0 aliphatic carbocycles. The van der Waals surface area contributed by atoms with Gasteiger partial charge in [-0.3, -0.25) is 0 Å². The third-order valence-corrected chi connectivity index (χ3v) is 13.8. The van der Waals surface area contributed by atoms with Crippen molar-refractivity contribution in [2.24, 2.45) is 0 Å². The minimum absolute atomic E-state index is 0. The Morgan fingerprint density at radius 1 is 0.299 bits per heavy atom. The predicted molar refractivity (Wildman–Crippen MR) is 292 cm³/mol. The third-order valence-electron chi connectivity index (χ3n) is 13.8. The van der Waals surface area contributed by atoms with Crippen molar-refractivity contribution in [3.05, 3.63) is 86.5 Å². The molecule has 0 spiro atoms. The number of benzene rings is 2. The number of hydrogen-bond acceptors (Lipinski definition) is 2. The molecule has 5 heteroatoms. The van der Waals surface area contributed by atoms with Gasteiger partial charge in [0.15, 0.2) is 0 Å². The van der Waals surface area contributed by atoms with E-state index < -0.39 is 0 Å². The molecule has 1 aliphatic rings. The van der Waals surface area contributed by atoms with Crippen molar-refractivity contribution in [1.29, 1.82) is 0 Å². The van der Waals surface area contributed by atoms with Crippen molar-refractivity contribution in [2.45, 2.75) is 286 Å². The van der Waals surface area contributed by atoms with E-state index in [4.69, 9.17) is 10.2 Å². The maximum Gasteiger partial charge on any atom is 0.211 e. The number of unbranched alkanes of at least 4 members (excludes halogenated alkanes) is 26. The van der Waals surface area contributed by atoms with E-state index in [1.54, 1.807) is 4.70 Å². The van der Waals surface area contributed by atoms with Crippen molar-refractivity contribution in [2.75, 3.05) is 14.2 Å². The van der Waals surface area contributed by atoms with Gasteiger partial charge in [0.25, 0.3) is 0 Å². The van der Waals surface area contributed by atoms with Gasteiger partial charge in [-0.2, -0.15) is 0 Å². The first-order chi connectivity index (χ1) is 32.5. The summed E-state index contributed by atoms with van der Waals surface area (Å²) in [5.74, 6) is 0. The molecule has 0 aromatic heterocycles. The van der Waals surface area contributed by atoms with E-state index in [2.05, 4.69) is 77.9 Å². The number of aryl methyl sites for hydroxylation is 4. The van der Waals surface area contributed by atoms with E-state index in [0.29, 0.717) is 0 Å². The Kier molecular flexibility index (Phi) is 44.0. The standard InChI is InChI=1S/C60H100N2.2CH4O.Pd/c1-7-13-19-25-29-33-39-51-45-52(40-34-30-26-20-14-8-2)48-55(47-51)59-57(43-37-23-17-11-5)58(44-38-24-18-12-6)60(62(59)61)56-49-53(41-35-31-27-21-15-9-3)46-54(50-56)42-36-32-28-22-16-10-4;2*1-2;/h45-50H,7-44H2,1-6H3;2*2H,1H3;. The largest absolute Gasteiger partial charge is 0.493 e. The van der Waals surface area contributed by atoms with Crippen LogP contribution in [-0.2, 0) is 46.1 Å². The number of hydrogen-bond donors (Lipinski definition) is 2. The molecule has 2 N–H and O–H groups in total. The maximum atomic E-state index is 13.0. The summed E-state index contributed by atoms with van der Waals surface area (Å²) in [6.45, 7) is 13.9. The van der Waals surface area contributed by atoms with Crippen LogP contribution in [0.5, 0.6) is 0 Å². The summed E-state index contributed by atoms with van der Waals surface area (Å²) in [5.41, 5.74) is 26.5. The van der Waals surface area contributed by atoms with Crippen LogP contribution in [0.25, 0.3) is 16.9 Å². The van der Waals surface area contributed by atoms with Crippen LogP contribution in [0.3, 0.4) is 0 Å². The molecule has 2 aromatic carbocycles. The van der Waals surface area contributed by atoms with Crippen molar-refractivity contribution in [3.63, 3.8) is 0 Å². The molecule has 0 unspecified atom stereocenters. The molecule has 0 amide bonds. The van der Waals surface area contributed by atoms with Crippen molar-refractivity contribution >= 4 is 11.4 Å². The SMILES string of the molecule is CCCCCCCCc1cc(CCCCCCCC)cc(C2=C(CCCCCC)C(CCCCCC)=C(c3cc(CCCCCCCC)cc(CCCCCCCC)c3)[N+]2=[N-])c1.CO.CO.[Pd]. The number of aliphatic hydroxyl groups excluding tert-OH is 2. The fraction of sp³-hybridized carbons (Fsp3) is 0.742. The van der Waals surface area contributed by atoms with Crippen LogP contribution in [0.2, 0.25) is 0 Å². The Morgan fingerprint density at radius 2 is 0.493 bits per heavy atom. The molecule has 0 bridgehead atoms. The summed E-state index contributed by atoms with van der Waals surface area (Å²) < 4.78 is 1.74. The zero-order chi connectivity index (χ0) is 48.5. The molecule has 0 atom stereocenters. The van der Waals surface area contributed by atoms with Crippen LogP contribution in [0.1, 0.15) is 293 Å². The molecule has 4 nitrogen and oxygen atoms in total. The molecule has 1 aliphatic heterocycles. The second kappa shape index (κ2) is 45.3. The number of rotatable bonds is 40. The molecule has 388 valence electrons. The molecule has 0 fully saturated rings. The van der Waals surface area contributed by atoms with E-state index in [0.717, 1.165) is 64.1 Å². The van der Waals surface area contributed by atoms with Gasteiger partial charge >= 0.3 is 0 Å². The van der Waals surface area contributed by atoms with Gasteiger partial charge in [0.2, 0.25) is 11.4 Å². The van der Waals surface area contributed by atoms with Gasteiger partial charge in [0.1, 0.15) is 0 Å². The van der Waals surface area contributed by atoms with Gasteiger partial charge in [0.05, 0.1) is 0 Å². The first-order valence-electron chi connectivity index (χ1n) is 28.6. The van der Waals surface area contributed by atoms with E-state index in [-0.39, 0.29) is 20.4 Å². The summed E-state index contributed by atoms with van der Waals surface area (Å²) in [6.07, 6.45) is 48.4. The Hall–Kier alpha value is -1.90. The molecule has 3 rings (SSSR count). The average molecular weight is 1020 g/mol. The fourth-order valence-corrected chi connectivity index (χ4v) is 10.1. The van der Waals surface area contributed by atoms with Crippen LogP contribution in [-0.4, -0.2) is 29.1 Å². The third kappa shape index (κ3) is 27.9. The Balaban J connectivity index is 0.00000847. The smallest absolute Gasteiger partial charge is 0.211 e. The summed E-state index contributed by atoms with van der Waals surface area (Å²) in [5, 5.41) is 14.0. The quantitative estimate of drug-likeness (QED) is 0.0397. The monoisotopic (exact) mass is 1020 g/mol. The van der Waals surface area contributed by atoms with Crippen molar-refractivity contribution in [1.82, 2.24) is 0 Å². The van der Waals surface area contributed by atoms with E-state index in [1.807, 2.05) is 0 Å². The van der Waals surface area contributed by atoms with Gasteiger partial charge in [-0.1, -0.05) is 221 Å². The molecular weight excluding hydrogens is 911 g/mol. The Morgan fingerprint density at radius 3 is 0.731 bits per heavy atom. The molecule has 0 saturated carbocycles. The van der Waals surface area contributed by atoms with Crippen LogP contribution in [0.15, 0.2) is 47.5 Å². The van der Waals surface area contributed by atoms with E-state index in [9.17, 15) is 5.53 Å². The number of allylic oxidation sites excluding steroid dienone is 2. The van der Waals surface area contributed by atoms with Gasteiger partial charge in [0, 0.05) is 56.9 Å². The normalized spacial score (nSPS) is 12.3. The molecule has 2 aromatic rings. The molecule has 0 radical (unpaired) electrons. The number of nitrogens with zero attached hydrogens (tertiary/aromatic N) is 2. The van der Waals surface area contributed by atoms with Crippen LogP contribution in [0, 0.1) is 0 Å². The topological polar surface area (TPSA) is 65.8 Å². The summed E-state index contributed by atoms with van der Waals surface area (Å²) in [6, 6.07) is 15.1. The molecular formula is C62H108N2O2Pd. The molecule has 0 saturated heterocycles. The van der Waals surface area contributed by atoms with Gasteiger partial charge in [-0.25, -0.2) is 4.70 Å². The predicted octanol–water partition coefficient (Wildman–Crippen LogP) is 19.6. The Bertz CT molecular complexity index is 1380. The van der Waals surface area contributed by atoms with Crippen LogP contribution < -0.4 is 0 Å². The second-order valence-corrected chi connectivity index (χ2v) is 19.7. The zero-order valence-electron chi connectivity index (χ0n) is 45.4. The summed E-state index contributed by atoms with van der Waals surface area (Å²) in [7, 11) is 2.00. The second-order valence-electron chi connectivity index (χ2n) is 19.7. The first kappa shape index (κ1) is 65.1. The first-order valence-corrected chi connectivity index (χ1v) is 28.6. The van der Waals surface area contributed by atoms with Gasteiger partial charge < -0.3 is 15.7 Å². The molecule has 1 heterocycles.